The number of aliphatic hydroxyl groups is 1. The summed E-state index contributed by atoms with van der Waals surface area (Å²) in [6.45, 7) is 5.91. The van der Waals surface area contributed by atoms with Crippen molar-refractivity contribution in [1.82, 2.24) is 10.6 Å². The Balaban J connectivity index is 2.19. The first-order chi connectivity index (χ1) is 8.69. The van der Waals surface area contributed by atoms with Crippen LogP contribution in [0, 0.1) is 11.8 Å². The Hall–Kier alpha value is -0.610. The highest BCUT2D eigenvalue weighted by molar-refractivity contribution is 5.81. The molecule has 0 aliphatic heterocycles. The first-order valence-electron chi connectivity index (χ1n) is 7.31. The Kier molecular flexibility index (Phi) is 7.28. The molecule has 0 aromatic heterocycles. The van der Waals surface area contributed by atoms with E-state index < -0.39 is 0 Å². The lowest BCUT2D eigenvalue weighted by Crippen LogP contribution is -2.44. The zero-order valence-electron chi connectivity index (χ0n) is 11.7. The van der Waals surface area contributed by atoms with Crippen LogP contribution in [0.5, 0.6) is 0 Å². The summed E-state index contributed by atoms with van der Waals surface area (Å²) in [7, 11) is 0. The number of carbonyl (C=O) groups excluding carboxylic acids is 1. The van der Waals surface area contributed by atoms with Gasteiger partial charge in [-0.05, 0) is 44.6 Å². The van der Waals surface area contributed by atoms with Gasteiger partial charge in [0.2, 0.25) is 5.91 Å². The van der Waals surface area contributed by atoms with Gasteiger partial charge in [-0.1, -0.05) is 19.8 Å². The van der Waals surface area contributed by atoms with Crippen LogP contribution in [0.4, 0.5) is 0 Å². The van der Waals surface area contributed by atoms with Crippen LogP contribution in [0.3, 0.4) is 0 Å². The van der Waals surface area contributed by atoms with Crippen molar-refractivity contribution in [2.24, 2.45) is 11.8 Å². The Morgan fingerprint density at radius 2 is 2.11 bits per heavy atom. The predicted octanol–water partition coefficient (Wildman–Crippen LogP) is 1.29. The van der Waals surface area contributed by atoms with E-state index in [0.717, 1.165) is 32.4 Å². The Morgan fingerprint density at radius 3 is 2.78 bits per heavy atom. The molecule has 0 heterocycles. The predicted molar refractivity (Wildman–Crippen MR) is 73.3 cm³/mol. The molecule has 1 aliphatic rings. The van der Waals surface area contributed by atoms with Gasteiger partial charge < -0.3 is 15.7 Å². The summed E-state index contributed by atoms with van der Waals surface area (Å²) in [5.74, 6) is 1.04. The van der Waals surface area contributed by atoms with Gasteiger partial charge in [-0.2, -0.15) is 0 Å². The van der Waals surface area contributed by atoms with Gasteiger partial charge in [-0.25, -0.2) is 0 Å². The molecule has 0 bridgehead atoms. The van der Waals surface area contributed by atoms with Crippen LogP contribution in [0.2, 0.25) is 0 Å². The maximum atomic E-state index is 11.8. The van der Waals surface area contributed by atoms with E-state index in [1.54, 1.807) is 0 Å². The smallest absolute Gasteiger partial charge is 0.236 e. The second kappa shape index (κ2) is 8.48. The first-order valence-corrected chi connectivity index (χ1v) is 7.31. The van der Waals surface area contributed by atoms with Crippen molar-refractivity contribution in [2.45, 2.75) is 52.0 Å². The molecule has 1 aliphatic carbocycles. The van der Waals surface area contributed by atoms with Crippen LogP contribution in [0.15, 0.2) is 0 Å². The number of hydrogen-bond donors (Lipinski definition) is 3. The molecule has 1 saturated carbocycles. The van der Waals surface area contributed by atoms with E-state index in [1.165, 1.54) is 12.8 Å². The number of carbonyl (C=O) groups is 1. The van der Waals surface area contributed by atoms with Crippen LogP contribution < -0.4 is 10.6 Å². The van der Waals surface area contributed by atoms with Crippen LogP contribution in [-0.4, -0.2) is 36.8 Å². The van der Waals surface area contributed by atoms with Crippen LogP contribution in [-0.2, 0) is 4.79 Å². The summed E-state index contributed by atoms with van der Waals surface area (Å²) in [6, 6.07) is -0.137. The summed E-state index contributed by atoms with van der Waals surface area (Å²) in [5.41, 5.74) is 0. The molecule has 0 aromatic rings. The third kappa shape index (κ3) is 4.94. The summed E-state index contributed by atoms with van der Waals surface area (Å²) in [4.78, 5) is 11.8. The Labute approximate surface area is 111 Å². The van der Waals surface area contributed by atoms with Gasteiger partial charge in [0.15, 0.2) is 0 Å². The third-order valence-corrected chi connectivity index (χ3v) is 3.96. The normalized spacial score (nSPS) is 25.1. The van der Waals surface area contributed by atoms with Crippen molar-refractivity contribution < 1.29 is 9.90 Å². The van der Waals surface area contributed by atoms with E-state index in [9.17, 15) is 9.90 Å². The lowest BCUT2D eigenvalue weighted by Gasteiger charge is -2.20. The van der Waals surface area contributed by atoms with Gasteiger partial charge in [-0.3, -0.25) is 4.79 Å². The fraction of sp³-hybridized carbons (Fsp3) is 0.929. The number of nitrogens with one attached hydrogen (secondary N) is 2. The molecule has 4 heteroatoms. The fourth-order valence-corrected chi connectivity index (χ4v) is 2.59. The topological polar surface area (TPSA) is 61.4 Å². The summed E-state index contributed by atoms with van der Waals surface area (Å²) in [5, 5.41) is 15.5. The quantitative estimate of drug-likeness (QED) is 0.574. The molecule has 3 unspecified atom stereocenters. The largest absolute Gasteiger partial charge is 0.396 e. The lowest BCUT2D eigenvalue weighted by molar-refractivity contribution is -0.122. The maximum absolute atomic E-state index is 11.8. The third-order valence-electron chi connectivity index (χ3n) is 3.96. The highest BCUT2D eigenvalue weighted by atomic mass is 16.3. The molecular formula is C14H28N2O2. The Morgan fingerprint density at radius 1 is 1.39 bits per heavy atom. The zero-order chi connectivity index (χ0) is 13.4. The average molecular weight is 256 g/mol. The summed E-state index contributed by atoms with van der Waals surface area (Å²) < 4.78 is 0. The van der Waals surface area contributed by atoms with Gasteiger partial charge in [0.25, 0.3) is 0 Å². The highest BCUT2D eigenvalue weighted by Crippen LogP contribution is 2.30. The maximum Gasteiger partial charge on any atom is 0.236 e. The molecule has 0 aromatic carbocycles. The molecule has 1 amide bonds. The SMILES string of the molecule is CCCCNC(=O)C(C)NCC1CCCC1CO. The van der Waals surface area contributed by atoms with Crippen LogP contribution in [0.1, 0.15) is 46.0 Å². The Bertz CT molecular complexity index is 246. The van der Waals surface area contributed by atoms with Gasteiger partial charge in [0, 0.05) is 13.2 Å². The van der Waals surface area contributed by atoms with E-state index in [0.29, 0.717) is 11.8 Å². The summed E-state index contributed by atoms with van der Waals surface area (Å²) >= 11 is 0. The van der Waals surface area contributed by atoms with Crippen molar-refractivity contribution in [3.63, 3.8) is 0 Å². The number of rotatable bonds is 8. The van der Waals surface area contributed by atoms with E-state index >= 15 is 0 Å². The van der Waals surface area contributed by atoms with Gasteiger partial charge >= 0.3 is 0 Å². The van der Waals surface area contributed by atoms with E-state index in [1.807, 2.05) is 6.92 Å². The molecule has 3 atom stereocenters. The van der Waals surface area contributed by atoms with Crippen molar-refractivity contribution in [3.8, 4) is 0 Å². The first kappa shape index (κ1) is 15.4. The molecule has 0 saturated heterocycles. The monoisotopic (exact) mass is 256 g/mol. The molecule has 0 spiro atoms. The van der Waals surface area contributed by atoms with Gasteiger partial charge in [-0.15, -0.1) is 0 Å². The minimum Gasteiger partial charge on any atom is -0.396 e. The molecule has 1 rings (SSSR count). The van der Waals surface area contributed by atoms with E-state index in [2.05, 4.69) is 17.6 Å². The average Bonchev–Trinajstić information content (AvgIpc) is 2.83. The minimum atomic E-state index is -0.137. The molecule has 106 valence electrons. The van der Waals surface area contributed by atoms with Gasteiger partial charge in [0.1, 0.15) is 0 Å². The summed E-state index contributed by atoms with van der Waals surface area (Å²) in [6.07, 6.45) is 5.63. The van der Waals surface area contributed by atoms with Crippen LogP contribution in [0.25, 0.3) is 0 Å². The standard InChI is InChI=1S/C14H28N2O2/c1-3-4-8-15-14(18)11(2)16-9-12-6-5-7-13(12)10-17/h11-13,16-17H,3-10H2,1-2H3,(H,15,18). The molecule has 18 heavy (non-hydrogen) atoms. The van der Waals surface area contributed by atoms with E-state index in [-0.39, 0.29) is 18.6 Å². The van der Waals surface area contributed by atoms with Crippen molar-refractivity contribution in [2.75, 3.05) is 19.7 Å². The molecule has 1 fully saturated rings. The minimum absolute atomic E-state index is 0.0852. The second-order valence-corrected chi connectivity index (χ2v) is 5.41. The van der Waals surface area contributed by atoms with Crippen LogP contribution >= 0.6 is 0 Å². The van der Waals surface area contributed by atoms with Gasteiger partial charge in [0.05, 0.1) is 6.04 Å². The van der Waals surface area contributed by atoms with E-state index in [4.69, 9.17) is 0 Å². The number of aliphatic hydroxyl groups excluding tert-OH is 1. The lowest BCUT2D eigenvalue weighted by atomic mass is 9.97. The fourth-order valence-electron chi connectivity index (χ4n) is 2.59. The molecule has 3 N–H and O–H groups in total. The van der Waals surface area contributed by atoms with Crippen molar-refractivity contribution in [1.29, 1.82) is 0 Å². The molecule has 0 radical (unpaired) electrons. The molecule has 4 nitrogen and oxygen atoms in total. The second-order valence-electron chi connectivity index (χ2n) is 5.41. The van der Waals surface area contributed by atoms with Crippen molar-refractivity contribution >= 4 is 5.91 Å². The highest BCUT2D eigenvalue weighted by Gasteiger charge is 2.27. The number of unbranched alkanes of at least 4 members (excludes halogenated alkanes) is 1. The van der Waals surface area contributed by atoms with Crippen molar-refractivity contribution in [3.05, 3.63) is 0 Å². The zero-order valence-corrected chi connectivity index (χ0v) is 11.7. The number of hydrogen-bond acceptors (Lipinski definition) is 3. The number of amides is 1. The molecular weight excluding hydrogens is 228 g/mol.